The second-order valence-corrected chi connectivity index (χ2v) is 8.20. The van der Waals surface area contributed by atoms with E-state index in [0.29, 0.717) is 4.47 Å². The molecule has 1 aromatic rings. The summed E-state index contributed by atoms with van der Waals surface area (Å²) in [5, 5.41) is 0. The molecular weight excluding hydrogens is 396 g/mol. The number of sulfonamides is 1. The predicted octanol–water partition coefficient (Wildman–Crippen LogP) is 2.76. The summed E-state index contributed by atoms with van der Waals surface area (Å²) in [6.45, 7) is 0. The molecule has 0 saturated heterocycles. The minimum atomic E-state index is -3.55. The molecule has 0 spiro atoms. The van der Waals surface area contributed by atoms with Gasteiger partial charge in [-0.3, -0.25) is 0 Å². The molecule has 1 aliphatic carbocycles. The Hall–Kier alpha value is 0.0500. The summed E-state index contributed by atoms with van der Waals surface area (Å²) in [6.07, 6.45) is 3.75. The Morgan fingerprint density at radius 2 is 1.89 bits per heavy atom. The summed E-state index contributed by atoms with van der Waals surface area (Å²) in [5.41, 5.74) is 5.98. The van der Waals surface area contributed by atoms with Crippen LogP contribution in [0.4, 0.5) is 0 Å². The number of hydrogen-bond acceptors (Lipinski definition) is 3. The topological polar surface area (TPSA) is 72.2 Å². The van der Waals surface area contributed by atoms with Crippen LogP contribution in [0.3, 0.4) is 0 Å². The Morgan fingerprint density at radius 3 is 2.58 bits per heavy atom. The van der Waals surface area contributed by atoms with Crippen LogP contribution in [0, 0.1) is 0 Å². The van der Waals surface area contributed by atoms with Crippen molar-refractivity contribution in [3.05, 3.63) is 27.1 Å². The summed E-state index contributed by atoms with van der Waals surface area (Å²) in [7, 11) is -3.55. The minimum absolute atomic E-state index is 0.102. The maximum atomic E-state index is 12.4. The molecule has 0 unspecified atom stereocenters. The van der Waals surface area contributed by atoms with Crippen molar-refractivity contribution in [3.63, 3.8) is 0 Å². The third-order valence-corrected chi connectivity index (χ3v) is 6.29. The van der Waals surface area contributed by atoms with E-state index in [1.54, 1.807) is 18.2 Å². The van der Waals surface area contributed by atoms with Crippen molar-refractivity contribution in [2.75, 3.05) is 0 Å². The van der Waals surface area contributed by atoms with Crippen LogP contribution in [0.5, 0.6) is 0 Å². The molecule has 3 N–H and O–H groups in total. The summed E-state index contributed by atoms with van der Waals surface area (Å²) in [4.78, 5) is 0.236. The summed E-state index contributed by atoms with van der Waals surface area (Å²) in [6, 6.07) is 4.80. The number of halogens is 2. The van der Waals surface area contributed by atoms with E-state index in [1.165, 1.54) is 0 Å². The van der Waals surface area contributed by atoms with Crippen molar-refractivity contribution in [1.82, 2.24) is 4.72 Å². The van der Waals surface area contributed by atoms with Crippen molar-refractivity contribution < 1.29 is 8.42 Å². The zero-order valence-corrected chi connectivity index (χ0v) is 14.3. The summed E-state index contributed by atoms with van der Waals surface area (Å²) >= 11 is 6.56. The Morgan fingerprint density at radius 1 is 1.21 bits per heavy atom. The van der Waals surface area contributed by atoms with Crippen LogP contribution in [0.1, 0.15) is 25.7 Å². The molecule has 4 nitrogen and oxygen atoms in total. The van der Waals surface area contributed by atoms with Gasteiger partial charge in [-0.2, -0.15) is 0 Å². The Balaban J connectivity index is 2.24. The average molecular weight is 412 g/mol. The van der Waals surface area contributed by atoms with E-state index in [0.717, 1.165) is 30.2 Å². The standard InChI is InChI=1S/C12H16Br2N2O2S/c13-8-5-6-9(14)12(7-8)19(17,18)16-11-4-2-1-3-10(11)15/h5-7,10-11,16H,1-4,15H2/t10-,11-/m1/s1. The van der Waals surface area contributed by atoms with Gasteiger partial charge in [0.05, 0.1) is 4.90 Å². The number of nitrogens with one attached hydrogen (secondary N) is 1. The number of benzene rings is 1. The third-order valence-electron chi connectivity index (χ3n) is 3.31. The smallest absolute Gasteiger partial charge is 0.242 e. The van der Waals surface area contributed by atoms with E-state index < -0.39 is 10.0 Å². The van der Waals surface area contributed by atoms with E-state index in [1.807, 2.05) is 0 Å². The van der Waals surface area contributed by atoms with E-state index in [2.05, 4.69) is 36.6 Å². The third kappa shape index (κ3) is 3.78. The highest BCUT2D eigenvalue weighted by atomic mass is 79.9. The SMILES string of the molecule is N[C@@H]1CCCC[C@H]1NS(=O)(=O)c1cc(Br)ccc1Br. The zero-order valence-electron chi connectivity index (χ0n) is 10.3. The fraction of sp³-hybridized carbons (Fsp3) is 0.500. The minimum Gasteiger partial charge on any atom is -0.326 e. The molecule has 1 saturated carbocycles. The molecule has 106 valence electrons. The van der Waals surface area contributed by atoms with E-state index in [9.17, 15) is 8.42 Å². The highest BCUT2D eigenvalue weighted by Crippen LogP contribution is 2.27. The monoisotopic (exact) mass is 410 g/mol. The maximum absolute atomic E-state index is 12.4. The Kier molecular flexibility index (Phi) is 5.05. The predicted molar refractivity (Wildman–Crippen MR) is 82.4 cm³/mol. The van der Waals surface area contributed by atoms with Crippen molar-refractivity contribution in [2.45, 2.75) is 42.7 Å². The van der Waals surface area contributed by atoms with Crippen LogP contribution in [0.15, 0.2) is 32.0 Å². The van der Waals surface area contributed by atoms with Gasteiger partial charge in [0.15, 0.2) is 0 Å². The Bertz CT molecular complexity index is 563. The zero-order chi connectivity index (χ0) is 14.0. The second kappa shape index (κ2) is 6.22. The van der Waals surface area contributed by atoms with Gasteiger partial charge in [0, 0.05) is 21.0 Å². The molecule has 1 fully saturated rings. The van der Waals surface area contributed by atoms with Crippen molar-refractivity contribution in [1.29, 1.82) is 0 Å². The molecule has 2 atom stereocenters. The fourth-order valence-electron chi connectivity index (χ4n) is 2.25. The second-order valence-electron chi connectivity index (χ2n) is 4.75. The molecule has 7 heteroatoms. The van der Waals surface area contributed by atoms with Crippen LogP contribution in [0.2, 0.25) is 0 Å². The van der Waals surface area contributed by atoms with E-state index in [-0.39, 0.29) is 17.0 Å². The van der Waals surface area contributed by atoms with Crippen LogP contribution >= 0.6 is 31.9 Å². The highest BCUT2D eigenvalue weighted by Gasteiger charge is 2.28. The van der Waals surface area contributed by atoms with Gasteiger partial charge in [0.1, 0.15) is 0 Å². The summed E-state index contributed by atoms with van der Waals surface area (Å²) < 4.78 is 28.8. The highest BCUT2D eigenvalue weighted by molar-refractivity contribution is 9.11. The lowest BCUT2D eigenvalue weighted by atomic mass is 9.92. The lowest BCUT2D eigenvalue weighted by molar-refractivity contribution is 0.361. The largest absolute Gasteiger partial charge is 0.326 e. The Labute approximate surface area is 130 Å². The molecule has 0 aliphatic heterocycles. The van der Waals surface area contributed by atoms with Gasteiger partial charge in [-0.25, -0.2) is 13.1 Å². The van der Waals surface area contributed by atoms with Crippen molar-refractivity contribution in [2.24, 2.45) is 5.73 Å². The average Bonchev–Trinajstić information content (AvgIpc) is 2.35. The molecule has 0 radical (unpaired) electrons. The first-order chi connectivity index (χ1) is 8.90. The summed E-state index contributed by atoms with van der Waals surface area (Å²) in [5.74, 6) is 0. The van der Waals surface area contributed by atoms with E-state index >= 15 is 0 Å². The molecule has 1 aliphatic rings. The van der Waals surface area contributed by atoms with Gasteiger partial charge in [-0.1, -0.05) is 28.8 Å². The van der Waals surface area contributed by atoms with Gasteiger partial charge in [0.25, 0.3) is 0 Å². The molecule has 0 bridgehead atoms. The van der Waals surface area contributed by atoms with E-state index in [4.69, 9.17) is 5.73 Å². The lowest BCUT2D eigenvalue weighted by Gasteiger charge is -2.29. The molecular formula is C12H16Br2N2O2S. The van der Waals surface area contributed by atoms with Crippen LogP contribution < -0.4 is 10.5 Å². The maximum Gasteiger partial charge on any atom is 0.242 e. The quantitative estimate of drug-likeness (QED) is 0.803. The first kappa shape index (κ1) is 15.4. The molecule has 0 amide bonds. The normalized spacial score (nSPS) is 24.4. The van der Waals surface area contributed by atoms with Crippen molar-refractivity contribution in [3.8, 4) is 0 Å². The van der Waals surface area contributed by atoms with Gasteiger partial charge < -0.3 is 5.73 Å². The molecule has 0 aromatic heterocycles. The van der Waals surface area contributed by atoms with Crippen molar-refractivity contribution >= 4 is 41.9 Å². The van der Waals surface area contributed by atoms with Crippen LogP contribution in [-0.2, 0) is 10.0 Å². The fourth-order valence-corrected chi connectivity index (χ4v) is 5.08. The molecule has 1 aromatic carbocycles. The first-order valence-electron chi connectivity index (χ1n) is 6.13. The molecule has 2 rings (SSSR count). The lowest BCUT2D eigenvalue weighted by Crippen LogP contribution is -2.49. The number of rotatable bonds is 3. The van der Waals surface area contributed by atoms with Crippen LogP contribution in [0.25, 0.3) is 0 Å². The number of nitrogens with two attached hydrogens (primary N) is 1. The first-order valence-corrected chi connectivity index (χ1v) is 9.20. The van der Waals surface area contributed by atoms with Gasteiger partial charge in [-0.05, 0) is 47.0 Å². The molecule has 19 heavy (non-hydrogen) atoms. The molecule has 0 heterocycles. The number of hydrogen-bond donors (Lipinski definition) is 2. The van der Waals surface area contributed by atoms with Crippen LogP contribution in [-0.4, -0.2) is 20.5 Å². The van der Waals surface area contributed by atoms with Gasteiger partial charge >= 0.3 is 0 Å². The van der Waals surface area contributed by atoms with Gasteiger partial charge in [-0.15, -0.1) is 0 Å². The van der Waals surface area contributed by atoms with Gasteiger partial charge in [0.2, 0.25) is 10.0 Å².